The van der Waals surface area contributed by atoms with Gasteiger partial charge in [0.2, 0.25) is 5.91 Å². The van der Waals surface area contributed by atoms with Crippen molar-refractivity contribution in [2.24, 2.45) is 0 Å². The minimum absolute atomic E-state index is 0.166. The number of anilines is 1. The molecule has 23 heavy (non-hydrogen) atoms. The minimum Gasteiger partial charge on any atom is -0.472 e. The third-order valence-corrected chi connectivity index (χ3v) is 5.05. The molecular formula is C16H14N2O3S2. The number of furan rings is 1. The highest BCUT2D eigenvalue weighted by Crippen LogP contribution is 2.24. The minimum atomic E-state index is -1.16. The summed E-state index contributed by atoms with van der Waals surface area (Å²) in [7, 11) is -1.16. The van der Waals surface area contributed by atoms with E-state index in [1.165, 1.54) is 11.3 Å². The van der Waals surface area contributed by atoms with Crippen molar-refractivity contribution in [3.05, 3.63) is 53.9 Å². The molecule has 2 heterocycles. The number of nitrogens with one attached hydrogen (secondary N) is 1. The highest BCUT2D eigenvalue weighted by atomic mass is 32.2. The van der Waals surface area contributed by atoms with Gasteiger partial charge in [0.15, 0.2) is 0 Å². The summed E-state index contributed by atoms with van der Waals surface area (Å²) in [6.45, 7) is 0. The molecule has 5 nitrogen and oxygen atoms in total. The molecule has 2 aromatic heterocycles. The van der Waals surface area contributed by atoms with E-state index in [-0.39, 0.29) is 12.3 Å². The van der Waals surface area contributed by atoms with E-state index in [4.69, 9.17) is 4.42 Å². The van der Waals surface area contributed by atoms with Crippen LogP contribution in [-0.2, 0) is 22.0 Å². The van der Waals surface area contributed by atoms with Gasteiger partial charge in [-0.25, -0.2) is 4.98 Å². The van der Waals surface area contributed by atoms with E-state index in [0.717, 1.165) is 10.6 Å². The Bertz CT molecular complexity index is 841. The lowest BCUT2D eigenvalue weighted by Gasteiger charge is -2.08. The fourth-order valence-electron chi connectivity index (χ4n) is 2.09. The molecule has 1 atom stereocenters. The summed E-state index contributed by atoms with van der Waals surface area (Å²) in [5.74, 6) is -0.188. The Morgan fingerprint density at radius 2 is 2.17 bits per heavy atom. The molecule has 1 amide bonds. The molecule has 1 aromatic carbocycles. The maximum atomic E-state index is 12.2. The Balaban J connectivity index is 1.70. The van der Waals surface area contributed by atoms with Gasteiger partial charge in [0.1, 0.15) is 11.3 Å². The van der Waals surface area contributed by atoms with Crippen LogP contribution in [0.25, 0.3) is 10.6 Å². The third kappa shape index (κ3) is 3.75. The van der Waals surface area contributed by atoms with E-state index in [2.05, 4.69) is 10.3 Å². The van der Waals surface area contributed by atoms with Crippen LogP contribution in [0.5, 0.6) is 0 Å². The van der Waals surface area contributed by atoms with Crippen LogP contribution in [-0.4, -0.2) is 21.4 Å². The summed E-state index contributed by atoms with van der Waals surface area (Å²) in [6, 6.07) is 8.91. The topological polar surface area (TPSA) is 72.2 Å². The summed E-state index contributed by atoms with van der Waals surface area (Å²) in [5, 5.41) is 5.47. The maximum Gasteiger partial charge on any atom is 0.230 e. The van der Waals surface area contributed by atoms with Crippen molar-refractivity contribution in [2.75, 3.05) is 11.6 Å². The number of carbonyl (C=O) groups is 1. The molecule has 0 radical (unpaired) electrons. The molecule has 0 aliphatic heterocycles. The zero-order valence-electron chi connectivity index (χ0n) is 12.3. The molecule has 3 aromatic rings. The van der Waals surface area contributed by atoms with Gasteiger partial charge in [0.25, 0.3) is 0 Å². The molecule has 1 N–H and O–H groups in total. The molecule has 0 fully saturated rings. The lowest BCUT2D eigenvalue weighted by Crippen LogP contribution is -2.15. The highest BCUT2D eigenvalue weighted by Gasteiger charge is 2.12. The monoisotopic (exact) mass is 346 g/mol. The average molecular weight is 346 g/mol. The zero-order chi connectivity index (χ0) is 16.2. The van der Waals surface area contributed by atoms with Gasteiger partial charge < -0.3 is 9.73 Å². The fraction of sp³-hybridized carbons (Fsp3) is 0.125. The van der Waals surface area contributed by atoms with E-state index < -0.39 is 10.8 Å². The number of aromatic nitrogens is 1. The molecule has 1 unspecified atom stereocenters. The number of thiazole rings is 1. The maximum absolute atomic E-state index is 12.2. The summed E-state index contributed by atoms with van der Waals surface area (Å²) in [4.78, 5) is 17.2. The molecular weight excluding hydrogens is 332 g/mol. The molecule has 0 aliphatic carbocycles. The van der Waals surface area contributed by atoms with Crippen LogP contribution in [0.1, 0.15) is 5.69 Å². The quantitative estimate of drug-likeness (QED) is 0.769. The first kappa shape index (κ1) is 15.6. The van der Waals surface area contributed by atoms with Gasteiger partial charge >= 0.3 is 0 Å². The van der Waals surface area contributed by atoms with Crippen LogP contribution < -0.4 is 5.32 Å². The normalized spacial score (nSPS) is 12.0. The van der Waals surface area contributed by atoms with Crippen molar-refractivity contribution in [3.8, 4) is 10.6 Å². The molecule has 0 spiro atoms. The Morgan fingerprint density at radius 1 is 1.35 bits per heavy atom. The first-order valence-corrected chi connectivity index (χ1v) is 9.26. The summed E-state index contributed by atoms with van der Waals surface area (Å²) < 4.78 is 16.7. The number of carbonyl (C=O) groups excluding carboxylic acids is 1. The van der Waals surface area contributed by atoms with Gasteiger partial charge in [-0.2, -0.15) is 0 Å². The number of hydrogen-bond acceptors (Lipinski definition) is 5. The van der Waals surface area contributed by atoms with E-state index in [1.807, 2.05) is 11.4 Å². The molecule has 118 valence electrons. The predicted molar refractivity (Wildman–Crippen MR) is 90.9 cm³/mol. The van der Waals surface area contributed by atoms with Crippen LogP contribution in [0, 0.1) is 0 Å². The van der Waals surface area contributed by atoms with E-state index in [9.17, 15) is 9.00 Å². The lowest BCUT2D eigenvalue weighted by molar-refractivity contribution is -0.115. The first-order chi connectivity index (χ1) is 11.1. The SMILES string of the molecule is CS(=O)c1ccccc1NC(=O)Cc1csc(-c2ccoc2)n1. The number of amides is 1. The van der Waals surface area contributed by atoms with Crippen LogP contribution in [0.15, 0.2) is 57.6 Å². The number of benzene rings is 1. The largest absolute Gasteiger partial charge is 0.472 e. The summed E-state index contributed by atoms with van der Waals surface area (Å²) in [5.41, 5.74) is 2.16. The van der Waals surface area contributed by atoms with Crippen molar-refractivity contribution in [3.63, 3.8) is 0 Å². The number of para-hydroxylation sites is 1. The van der Waals surface area contributed by atoms with Crippen LogP contribution in [0.3, 0.4) is 0 Å². The Hall–Kier alpha value is -2.25. The van der Waals surface area contributed by atoms with Gasteiger partial charge in [-0.1, -0.05) is 12.1 Å². The van der Waals surface area contributed by atoms with Crippen LogP contribution >= 0.6 is 11.3 Å². The van der Waals surface area contributed by atoms with Crippen molar-refractivity contribution in [1.82, 2.24) is 4.98 Å². The van der Waals surface area contributed by atoms with Gasteiger partial charge in [-0.3, -0.25) is 9.00 Å². The molecule has 0 bridgehead atoms. The van der Waals surface area contributed by atoms with Crippen molar-refractivity contribution in [1.29, 1.82) is 0 Å². The van der Waals surface area contributed by atoms with Crippen molar-refractivity contribution < 1.29 is 13.4 Å². The summed E-state index contributed by atoms with van der Waals surface area (Å²) >= 11 is 1.46. The first-order valence-electron chi connectivity index (χ1n) is 6.83. The van der Waals surface area contributed by atoms with Crippen LogP contribution in [0.4, 0.5) is 5.69 Å². The molecule has 0 saturated carbocycles. The van der Waals surface area contributed by atoms with Crippen molar-refractivity contribution >= 4 is 33.7 Å². The zero-order valence-corrected chi connectivity index (χ0v) is 13.9. The predicted octanol–water partition coefficient (Wildman–Crippen LogP) is 3.32. The second-order valence-corrected chi connectivity index (χ2v) is 7.04. The second kappa shape index (κ2) is 6.89. The van der Waals surface area contributed by atoms with Gasteiger partial charge in [0, 0.05) is 17.2 Å². The standard InChI is InChI=1S/C16H14N2O3S2/c1-23(20)14-5-3-2-4-13(14)18-15(19)8-12-10-22-16(17-12)11-6-7-21-9-11/h2-7,9-10H,8H2,1H3,(H,18,19). The van der Waals surface area contributed by atoms with E-state index in [0.29, 0.717) is 16.3 Å². The molecule has 3 rings (SSSR count). The molecule has 7 heteroatoms. The van der Waals surface area contributed by atoms with Crippen molar-refractivity contribution in [2.45, 2.75) is 11.3 Å². The number of rotatable bonds is 5. The Morgan fingerprint density at radius 3 is 2.91 bits per heavy atom. The van der Waals surface area contributed by atoms with E-state index in [1.54, 1.807) is 43.0 Å². The number of hydrogen-bond donors (Lipinski definition) is 1. The molecule has 0 aliphatic rings. The third-order valence-electron chi connectivity index (χ3n) is 3.13. The summed E-state index contributed by atoms with van der Waals surface area (Å²) in [6.07, 6.45) is 4.96. The smallest absolute Gasteiger partial charge is 0.230 e. The van der Waals surface area contributed by atoms with Gasteiger partial charge in [-0.15, -0.1) is 11.3 Å². The average Bonchev–Trinajstić information content (AvgIpc) is 3.18. The number of nitrogens with zero attached hydrogens (tertiary/aromatic N) is 1. The van der Waals surface area contributed by atoms with Crippen LogP contribution in [0.2, 0.25) is 0 Å². The van der Waals surface area contributed by atoms with E-state index >= 15 is 0 Å². The lowest BCUT2D eigenvalue weighted by atomic mass is 10.3. The second-order valence-electron chi connectivity index (χ2n) is 4.83. The Labute approximate surface area is 139 Å². The Kier molecular flexibility index (Phi) is 4.68. The molecule has 0 saturated heterocycles. The fourth-order valence-corrected chi connectivity index (χ4v) is 3.59. The van der Waals surface area contributed by atoms with Gasteiger partial charge in [0.05, 0.1) is 39.8 Å². The highest BCUT2D eigenvalue weighted by molar-refractivity contribution is 7.84. The van der Waals surface area contributed by atoms with Gasteiger partial charge in [-0.05, 0) is 18.2 Å².